The Labute approximate surface area is 93.5 Å². The van der Waals surface area contributed by atoms with Crippen LogP contribution in [-0.4, -0.2) is 0 Å². The summed E-state index contributed by atoms with van der Waals surface area (Å²) in [7, 11) is 0. The average molecular weight is 201 g/mol. The molecule has 15 heavy (non-hydrogen) atoms. The van der Waals surface area contributed by atoms with Crippen molar-refractivity contribution in [3.05, 3.63) is 29.7 Å². The van der Waals surface area contributed by atoms with Crippen LogP contribution in [-0.2, 0) is 0 Å². The van der Waals surface area contributed by atoms with E-state index in [1.54, 1.807) is 11.5 Å². The molecule has 0 saturated heterocycles. The lowest BCUT2D eigenvalue weighted by molar-refractivity contribution is 0.610. The first-order valence-corrected chi connectivity index (χ1v) is 6.70. The van der Waals surface area contributed by atoms with Crippen LogP contribution in [0.15, 0.2) is 23.8 Å². The van der Waals surface area contributed by atoms with Gasteiger partial charge in [0.15, 0.2) is 0 Å². The number of hydrogen-bond acceptors (Lipinski definition) is 0. The molecule has 0 aromatic heterocycles. The van der Waals surface area contributed by atoms with E-state index in [0.717, 1.165) is 11.8 Å². The standard InChI is InChI=1S/C15H21/c1-2-6-12(5-1)14-9-10-15(11-14)13-7-3-4-8-13/h9-13H,1-8H2. The van der Waals surface area contributed by atoms with Crippen LogP contribution in [0.2, 0.25) is 0 Å². The SMILES string of the molecule is C1=CC(C2CCCC2)=C[C]1C1CCCC1. The van der Waals surface area contributed by atoms with E-state index < -0.39 is 0 Å². The Bertz CT molecular complexity index is 272. The van der Waals surface area contributed by atoms with Gasteiger partial charge in [0.05, 0.1) is 0 Å². The minimum atomic E-state index is 0.903. The van der Waals surface area contributed by atoms with Crippen molar-refractivity contribution < 1.29 is 0 Å². The monoisotopic (exact) mass is 201 g/mol. The van der Waals surface area contributed by atoms with Gasteiger partial charge < -0.3 is 0 Å². The van der Waals surface area contributed by atoms with Crippen molar-refractivity contribution in [1.82, 2.24) is 0 Å². The highest BCUT2D eigenvalue weighted by Crippen LogP contribution is 2.41. The Morgan fingerprint density at radius 1 is 0.733 bits per heavy atom. The molecule has 0 N–H and O–H groups in total. The summed E-state index contributed by atoms with van der Waals surface area (Å²) in [5.74, 6) is 3.45. The van der Waals surface area contributed by atoms with E-state index in [2.05, 4.69) is 18.2 Å². The predicted octanol–water partition coefficient (Wildman–Crippen LogP) is 4.44. The highest BCUT2D eigenvalue weighted by molar-refractivity contribution is 5.43. The highest BCUT2D eigenvalue weighted by atomic mass is 14.3. The van der Waals surface area contributed by atoms with Crippen LogP contribution in [0, 0.1) is 17.8 Å². The fourth-order valence-electron chi connectivity index (χ4n) is 3.51. The molecule has 1 radical (unpaired) electrons. The Hall–Kier alpha value is -0.520. The van der Waals surface area contributed by atoms with E-state index in [-0.39, 0.29) is 0 Å². The number of hydrogen-bond donors (Lipinski definition) is 0. The van der Waals surface area contributed by atoms with E-state index in [9.17, 15) is 0 Å². The van der Waals surface area contributed by atoms with Gasteiger partial charge in [-0.05, 0) is 43.1 Å². The molecule has 2 saturated carbocycles. The first-order valence-electron chi connectivity index (χ1n) is 6.70. The van der Waals surface area contributed by atoms with Crippen molar-refractivity contribution in [2.24, 2.45) is 11.8 Å². The number of allylic oxidation sites excluding steroid dienone is 4. The molecule has 0 aromatic rings. The smallest absolute Gasteiger partial charge is 0.0227 e. The fraction of sp³-hybridized carbons (Fsp3) is 0.667. The second-order valence-corrected chi connectivity index (χ2v) is 5.44. The summed E-state index contributed by atoms with van der Waals surface area (Å²) in [4.78, 5) is 0. The van der Waals surface area contributed by atoms with E-state index in [4.69, 9.17) is 0 Å². The maximum Gasteiger partial charge on any atom is 0.0227 e. The highest BCUT2D eigenvalue weighted by Gasteiger charge is 2.27. The molecule has 0 aliphatic heterocycles. The summed E-state index contributed by atoms with van der Waals surface area (Å²) in [5.41, 5.74) is 1.65. The predicted molar refractivity (Wildman–Crippen MR) is 64.4 cm³/mol. The molecule has 0 spiro atoms. The molecule has 81 valence electrons. The van der Waals surface area contributed by atoms with Gasteiger partial charge in [0.25, 0.3) is 0 Å². The Balaban J connectivity index is 1.66. The van der Waals surface area contributed by atoms with Gasteiger partial charge in [-0.25, -0.2) is 0 Å². The molecule has 0 atom stereocenters. The van der Waals surface area contributed by atoms with Crippen LogP contribution in [0.1, 0.15) is 51.4 Å². The summed E-state index contributed by atoms with van der Waals surface area (Å²) in [6, 6.07) is 0. The second kappa shape index (κ2) is 4.15. The maximum atomic E-state index is 2.52. The van der Waals surface area contributed by atoms with Gasteiger partial charge in [0.2, 0.25) is 0 Å². The zero-order valence-electron chi connectivity index (χ0n) is 9.54. The zero-order chi connectivity index (χ0) is 10.1. The van der Waals surface area contributed by atoms with Gasteiger partial charge in [-0.3, -0.25) is 0 Å². The normalized spacial score (nSPS) is 29.2. The summed E-state index contributed by atoms with van der Waals surface area (Å²) in [6.07, 6.45) is 18.9. The molecule has 0 nitrogen and oxygen atoms in total. The van der Waals surface area contributed by atoms with Gasteiger partial charge in [-0.2, -0.15) is 0 Å². The average Bonchev–Trinajstić information content (AvgIpc) is 3.02. The van der Waals surface area contributed by atoms with Crippen LogP contribution < -0.4 is 0 Å². The van der Waals surface area contributed by atoms with E-state index in [0.29, 0.717) is 0 Å². The summed E-state index contributed by atoms with van der Waals surface area (Å²) < 4.78 is 0. The third-order valence-electron chi connectivity index (χ3n) is 4.45. The molecule has 3 aliphatic carbocycles. The first-order chi connectivity index (χ1) is 7.43. The van der Waals surface area contributed by atoms with Gasteiger partial charge >= 0.3 is 0 Å². The molecule has 0 heteroatoms. The second-order valence-electron chi connectivity index (χ2n) is 5.44. The van der Waals surface area contributed by atoms with Gasteiger partial charge in [0, 0.05) is 5.92 Å². The van der Waals surface area contributed by atoms with Crippen LogP contribution in [0.3, 0.4) is 0 Å². The van der Waals surface area contributed by atoms with Crippen molar-refractivity contribution in [2.45, 2.75) is 51.4 Å². The molecule has 0 amide bonds. The lowest BCUT2D eigenvalue weighted by atomic mass is 9.91. The van der Waals surface area contributed by atoms with Crippen LogP contribution in [0.5, 0.6) is 0 Å². The van der Waals surface area contributed by atoms with Crippen molar-refractivity contribution in [1.29, 1.82) is 0 Å². The third-order valence-corrected chi connectivity index (χ3v) is 4.45. The molecule has 0 heterocycles. The molecule has 0 aromatic carbocycles. The summed E-state index contributed by atoms with van der Waals surface area (Å²) in [6.45, 7) is 0. The molecule has 3 rings (SSSR count). The zero-order valence-corrected chi connectivity index (χ0v) is 9.54. The quantitative estimate of drug-likeness (QED) is 0.619. The minimum absolute atomic E-state index is 0.903. The van der Waals surface area contributed by atoms with Crippen molar-refractivity contribution in [2.75, 3.05) is 0 Å². The van der Waals surface area contributed by atoms with E-state index in [1.165, 1.54) is 51.4 Å². The molecule has 2 fully saturated rings. The Kier molecular flexibility index (Phi) is 2.68. The Morgan fingerprint density at radius 3 is 2.00 bits per heavy atom. The van der Waals surface area contributed by atoms with Gasteiger partial charge in [-0.1, -0.05) is 43.9 Å². The van der Waals surface area contributed by atoms with Gasteiger partial charge in [0.1, 0.15) is 0 Å². The molecular weight excluding hydrogens is 180 g/mol. The third kappa shape index (κ3) is 1.91. The molecular formula is C15H21. The van der Waals surface area contributed by atoms with Gasteiger partial charge in [-0.15, -0.1) is 0 Å². The van der Waals surface area contributed by atoms with Crippen molar-refractivity contribution >= 4 is 0 Å². The fourth-order valence-corrected chi connectivity index (χ4v) is 3.51. The minimum Gasteiger partial charge on any atom is -0.0728 e. The summed E-state index contributed by atoms with van der Waals surface area (Å²) in [5, 5.41) is 0. The van der Waals surface area contributed by atoms with Crippen LogP contribution in [0.25, 0.3) is 0 Å². The molecule has 0 bridgehead atoms. The van der Waals surface area contributed by atoms with Crippen LogP contribution >= 0.6 is 0 Å². The summed E-state index contributed by atoms with van der Waals surface area (Å²) >= 11 is 0. The lowest BCUT2D eigenvalue weighted by Gasteiger charge is -2.13. The van der Waals surface area contributed by atoms with E-state index in [1.807, 2.05) is 0 Å². The molecule has 3 aliphatic rings. The van der Waals surface area contributed by atoms with Crippen molar-refractivity contribution in [3.63, 3.8) is 0 Å². The van der Waals surface area contributed by atoms with Crippen molar-refractivity contribution in [3.8, 4) is 0 Å². The topological polar surface area (TPSA) is 0 Å². The van der Waals surface area contributed by atoms with Crippen LogP contribution in [0.4, 0.5) is 0 Å². The first kappa shape index (κ1) is 9.69. The largest absolute Gasteiger partial charge is 0.0728 e. The van der Waals surface area contributed by atoms with E-state index >= 15 is 0 Å². The lowest BCUT2D eigenvalue weighted by Crippen LogP contribution is -2.02. The molecule has 0 unspecified atom stereocenters. The Morgan fingerprint density at radius 2 is 1.33 bits per heavy atom. The maximum absolute atomic E-state index is 2.52. The number of rotatable bonds is 2.